The number of hydrogen-bond acceptors (Lipinski definition) is 7. The molecule has 1 amide bonds. The molecule has 0 bridgehead atoms. The molecule has 2 fully saturated rings. The number of nitrogens with one attached hydrogen (secondary N) is 2. The average molecular weight is 488 g/mol. The fourth-order valence-electron chi connectivity index (χ4n) is 4.21. The summed E-state index contributed by atoms with van der Waals surface area (Å²) in [6.07, 6.45) is 9.12. The van der Waals surface area contributed by atoms with E-state index < -0.39 is 23.7 Å². The molecule has 10 heteroatoms. The second kappa shape index (κ2) is 11.8. The number of aliphatic hydroxyl groups is 2. The Bertz CT molecular complexity index is 980. The van der Waals surface area contributed by atoms with Gasteiger partial charge < -0.3 is 20.4 Å². The van der Waals surface area contributed by atoms with Gasteiger partial charge in [-0.3, -0.25) is 4.79 Å². The van der Waals surface area contributed by atoms with E-state index in [9.17, 15) is 14.1 Å². The number of aliphatic hydroxyl groups excluding tert-OH is 2. The number of aromatic nitrogens is 2. The molecule has 0 spiro atoms. The average Bonchev–Trinajstić information content (AvgIpc) is 3.71. The van der Waals surface area contributed by atoms with Crippen molar-refractivity contribution in [2.24, 2.45) is 5.92 Å². The minimum Gasteiger partial charge on any atom is -0.394 e. The van der Waals surface area contributed by atoms with Gasteiger partial charge in [-0.25, -0.2) is 18.9 Å². The van der Waals surface area contributed by atoms with Crippen LogP contribution in [0.3, 0.4) is 0 Å². The van der Waals surface area contributed by atoms with Crippen LogP contribution in [-0.2, 0) is 11.0 Å². The summed E-state index contributed by atoms with van der Waals surface area (Å²) < 4.78 is 14.9. The molecule has 184 valence electrons. The molecule has 1 heterocycles. The first kappa shape index (κ1) is 24.7. The number of benzene rings is 1. The van der Waals surface area contributed by atoms with Crippen LogP contribution in [0.25, 0.3) is 0 Å². The van der Waals surface area contributed by atoms with Crippen molar-refractivity contribution in [2.75, 3.05) is 29.9 Å². The lowest BCUT2D eigenvalue weighted by Crippen LogP contribution is -2.39. The van der Waals surface area contributed by atoms with E-state index in [1.807, 2.05) is 0 Å². The molecule has 2 aromatic rings. The van der Waals surface area contributed by atoms with Gasteiger partial charge >= 0.3 is 0 Å². The predicted octanol–water partition coefficient (Wildman–Crippen LogP) is 2.24. The number of amides is 1. The highest BCUT2D eigenvalue weighted by Gasteiger charge is 2.30. The molecule has 4 N–H and O–H groups in total. The van der Waals surface area contributed by atoms with E-state index in [2.05, 4.69) is 24.9 Å². The van der Waals surface area contributed by atoms with Gasteiger partial charge in [0, 0.05) is 30.9 Å². The van der Waals surface area contributed by atoms with Crippen LogP contribution in [0.2, 0.25) is 0 Å². The van der Waals surface area contributed by atoms with Gasteiger partial charge in [0.05, 0.1) is 17.6 Å². The first-order chi connectivity index (χ1) is 16.5. The standard InChI is InChI=1S/C24H33N5O4S/c30-15-20(31)13-27-34(33)21-10-8-18(9-11-21)28-24(32)22-12-23(26-16-25-22)29(14-17-6-7-17)19-4-2-1-3-5-19/h8-12,16-17,19-20,27,30-31H,1-7,13-15H2,(H,28,32). The first-order valence-corrected chi connectivity index (χ1v) is 13.1. The Morgan fingerprint density at radius 2 is 1.85 bits per heavy atom. The smallest absolute Gasteiger partial charge is 0.274 e. The maximum absolute atomic E-state index is 12.9. The maximum atomic E-state index is 12.9. The molecule has 34 heavy (non-hydrogen) atoms. The Kier molecular flexibility index (Phi) is 8.60. The predicted molar refractivity (Wildman–Crippen MR) is 131 cm³/mol. The molecule has 2 unspecified atom stereocenters. The quantitative estimate of drug-likeness (QED) is 0.383. The summed E-state index contributed by atoms with van der Waals surface area (Å²) in [5.74, 6) is 1.22. The molecule has 2 aliphatic carbocycles. The third-order valence-corrected chi connectivity index (χ3v) is 7.46. The van der Waals surface area contributed by atoms with Crippen molar-refractivity contribution >= 4 is 28.4 Å². The van der Waals surface area contributed by atoms with E-state index in [0.717, 1.165) is 18.3 Å². The van der Waals surface area contributed by atoms with Crippen molar-refractivity contribution in [3.63, 3.8) is 0 Å². The third kappa shape index (κ3) is 6.82. The van der Waals surface area contributed by atoms with E-state index in [1.165, 1.54) is 51.3 Å². The van der Waals surface area contributed by atoms with E-state index in [1.54, 1.807) is 30.3 Å². The first-order valence-electron chi connectivity index (χ1n) is 12.0. The largest absolute Gasteiger partial charge is 0.394 e. The van der Waals surface area contributed by atoms with Crippen LogP contribution in [0.5, 0.6) is 0 Å². The van der Waals surface area contributed by atoms with Crippen LogP contribution >= 0.6 is 0 Å². The molecule has 2 saturated carbocycles. The van der Waals surface area contributed by atoms with Gasteiger partial charge in [-0.05, 0) is 55.9 Å². The summed E-state index contributed by atoms with van der Waals surface area (Å²) in [6.45, 7) is 0.597. The second-order valence-electron chi connectivity index (χ2n) is 9.08. The van der Waals surface area contributed by atoms with Gasteiger partial charge in [-0.1, -0.05) is 19.3 Å². The normalized spacial score (nSPS) is 18.3. The van der Waals surface area contributed by atoms with E-state index in [0.29, 0.717) is 22.3 Å². The molecule has 1 aromatic carbocycles. The number of carbonyl (C=O) groups excluding carboxylic acids is 1. The highest BCUT2D eigenvalue weighted by Crippen LogP contribution is 2.34. The maximum Gasteiger partial charge on any atom is 0.274 e. The second-order valence-corrected chi connectivity index (χ2v) is 10.4. The molecule has 2 atom stereocenters. The van der Waals surface area contributed by atoms with Crippen LogP contribution in [0.1, 0.15) is 55.4 Å². The molecular weight excluding hydrogens is 454 g/mol. The fraction of sp³-hybridized carbons (Fsp3) is 0.542. The molecular formula is C24H33N5O4S. The van der Waals surface area contributed by atoms with E-state index in [-0.39, 0.29) is 12.5 Å². The Balaban J connectivity index is 1.40. The highest BCUT2D eigenvalue weighted by molar-refractivity contribution is 7.83. The lowest BCUT2D eigenvalue weighted by Gasteiger charge is -2.35. The third-order valence-electron chi connectivity index (χ3n) is 6.33. The van der Waals surface area contributed by atoms with Gasteiger partial charge in [-0.15, -0.1) is 0 Å². The van der Waals surface area contributed by atoms with Crippen molar-refractivity contribution in [3.05, 3.63) is 42.4 Å². The highest BCUT2D eigenvalue weighted by atomic mass is 32.2. The number of anilines is 2. The topological polar surface area (TPSA) is 128 Å². The van der Waals surface area contributed by atoms with Crippen molar-refractivity contribution in [3.8, 4) is 0 Å². The van der Waals surface area contributed by atoms with Gasteiger partial charge in [0.25, 0.3) is 5.91 Å². The Morgan fingerprint density at radius 1 is 1.12 bits per heavy atom. The molecule has 0 aliphatic heterocycles. The zero-order chi connectivity index (χ0) is 23.9. The lowest BCUT2D eigenvalue weighted by molar-refractivity contribution is 0.0991. The monoisotopic (exact) mass is 487 g/mol. The summed E-state index contributed by atoms with van der Waals surface area (Å²) in [7, 11) is -1.53. The van der Waals surface area contributed by atoms with Crippen LogP contribution in [0.15, 0.2) is 41.6 Å². The Labute approximate surface area is 202 Å². The van der Waals surface area contributed by atoms with Crippen LogP contribution in [0, 0.1) is 5.92 Å². The minimum absolute atomic E-state index is 0.0102. The van der Waals surface area contributed by atoms with E-state index in [4.69, 9.17) is 5.11 Å². The van der Waals surface area contributed by atoms with E-state index >= 15 is 0 Å². The van der Waals surface area contributed by atoms with Crippen molar-refractivity contribution in [1.29, 1.82) is 0 Å². The van der Waals surface area contributed by atoms with Gasteiger partial charge in [0.1, 0.15) is 28.8 Å². The number of carbonyl (C=O) groups is 1. The molecule has 0 saturated heterocycles. The molecule has 1 aromatic heterocycles. The van der Waals surface area contributed by atoms with Crippen molar-refractivity contribution in [1.82, 2.24) is 14.7 Å². The zero-order valence-corrected chi connectivity index (χ0v) is 20.0. The summed E-state index contributed by atoms with van der Waals surface area (Å²) in [6, 6.07) is 8.86. The summed E-state index contributed by atoms with van der Waals surface area (Å²) in [4.78, 5) is 24.5. The molecule has 0 radical (unpaired) electrons. The zero-order valence-electron chi connectivity index (χ0n) is 19.2. The van der Waals surface area contributed by atoms with Gasteiger partial charge in [-0.2, -0.15) is 0 Å². The molecule has 9 nitrogen and oxygen atoms in total. The molecule has 4 rings (SSSR count). The van der Waals surface area contributed by atoms with Crippen molar-refractivity contribution < 1.29 is 19.2 Å². The summed E-state index contributed by atoms with van der Waals surface area (Å²) >= 11 is 0. The number of rotatable bonds is 11. The SMILES string of the molecule is O=C(Nc1ccc(S(=O)NCC(O)CO)cc1)c1cc(N(CC2CC2)C2CCCCC2)ncn1. The Morgan fingerprint density at radius 3 is 2.53 bits per heavy atom. The Hall–Kier alpha value is -2.40. The lowest BCUT2D eigenvalue weighted by atomic mass is 9.94. The number of nitrogens with zero attached hydrogens (tertiary/aromatic N) is 3. The van der Waals surface area contributed by atoms with Crippen LogP contribution in [-0.4, -0.2) is 62.1 Å². The van der Waals surface area contributed by atoms with Crippen molar-refractivity contribution in [2.45, 2.75) is 62.0 Å². The minimum atomic E-state index is -1.53. The summed E-state index contributed by atoms with van der Waals surface area (Å²) in [5, 5.41) is 21.1. The van der Waals surface area contributed by atoms with Crippen LogP contribution < -0.4 is 14.9 Å². The molecule has 2 aliphatic rings. The summed E-state index contributed by atoms with van der Waals surface area (Å²) in [5.41, 5.74) is 0.873. The fourth-order valence-corrected chi connectivity index (χ4v) is 5.10. The van der Waals surface area contributed by atoms with Gasteiger partial charge in [0.15, 0.2) is 0 Å². The number of hydrogen-bond donors (Lipinski definition) is 4. The van der Waals surface area contributed by atoms with Gasteiger partial charge in [0.2, 0.25) is 0 Å². The van der Waals surface area contributed by atoms with Crippen LogP contribution in [0.4, 0.5) is 11.5 Å².